The van der Waals surface area contributed by atoms with E-state index in [9.17, 15) is 0 Å². The van der Waals surface area contributed by atoms with Gasteiger partial charge in [-0.2, -0.15) is 15.0 Å². The Balaban J connectivity index is 2.20. The Morgan fingerprint density at radius 2 is 1.62 bits per heavy atom. The Hall–Kier alpha value is -1.59. The second-order valence-corrected chi connectivity index (χ2v) is 6.21. The number of anilines is 3. The van der Waals surface area contributed by atoms with Crippen molar-refractivity contribution in [2.75, 3.05) is 42.8 Å². The van der Waals surface area contributed by atoms with Crippen molar-refractivity contribution in [2.45, 2.75) is 45.6 Å². The van der Waals surface area contributed by atoms with Gasteiger partial charge in [-0.3, -0.25) is 0 Å². The smallest absolute Gasteiger partial charge is 0.231 e. The third-order valence-corrected chi connectivity index (χ3v) is 4.20. The zero-order valence-corrected chi connectivity index (χ0v) is 13.9. The second-order valence-electron chi connectivity index (χ2n) is 6.21. The lowest BCUT2D eigenvalue weighted by Crippen LogP contribution is -2.36. The average Bonchev–Trinajstić information content (AvgIpc) is 2.47. The molecule has 1 aromatic rings. The molecular formula is C15H28N6. The van der Waals surface area contributed by atoms with E-state index in [1.165, 1.54) is 25.7 Å². The van der Waals surface area contributed by atoms with Gasteiger partial charge in [0.1, 0.15) is 0 Å². The summed E-state index contributed by atoms with van der Waals surface area (Å²) in [5.74, 6) is 2.97. The van der Waals surface area contributed by atoms with E-state index in [2.05, 4.69) is 39.1 Å². The van der Waals surface area contributed by atoms with Crippen LogP contribution in [0.5, 0.6) is 0 Å². The van der Waals surface area contributed by atoms with Gasteiger partial charge in [-0.1, -0.05) is 6.92 Å². The first-order valence-corrected chi connectivity index (χ1v) is 7.91. The van der Waals surface area contributed by atoms with Gasteiger partial charge in [0.15, 0.2) is 0 Å². The van der Waals surface area contributed by atoms with Crippen LogP contribution in [0, 0.1) is 5.92 Å². The lowest BCUT2D eigenvalue weighted by molar-refractivity contribution is 0.339. The van der Waals surface area contributed by atoms with E-state index in [0.717, 1.165) is 18.4 Å². The lowest BCUT2D eigenvalue weighted by atomic mass is 9.87. The van der Waals surface area contributed by atoms with E-state index in [-0.39, 0.29) is 0 Å². The number of nitrogens with zero attached hydrogens (tertiary/aromatic N) is 5. The van der Waals surface area contributed by atoms with Gasteiger partial charge in [-0.25, -0.2) is 0 Å². The summed E-state index contributed by atoms with van der Waals surface area (Å²) in [4.78, 5) is 17.7. The molecule has 0 radical (unpaired) electrons. The van der Waals surface area contributed by atoms with Gasteiger partial charge in [0.05, 0.1) is 0 Å². The van der Waals surface area contributed by atoms with Crippen molar-refractivity contribution in [2.24, 2.45) is 5.92 Å². The fourth-order valence-electron chi connectivity index (χ4n) is 2.74. The Morgan fingerprint density at radius 1 is 1.00 bits per heavy atom. The zero-order valence-electron chi connectivity index (χ0n) is 13.9. The van der Waals surface area contributed by atoms with Crippen LogP contribution in [0.1, 0.15) is 39.5 Å². The molecule has 0 atom stereocenters. The van der Waals surface area contributed by atoms with Crippen molar-refractivity contribution in [3.05, 3.63) is 0 Å². The molecule has 1 aliphatic rings. The van der Waals surface area contributed by atoms with E-state index in [1.807, 2.05) is 25.9 Å². The Kier molecular flexibility index (Phi) is 5.20. The summed E-state index contributed by atoms with van der Waals surface area (Å²) in [6, 6.07) is 0.535. The molecule has 1 saturated carbocycles. The first kappa shape index (κ1) is 15.8. The van der Waals surface area contributed by atoms with Gasteiger partial charge in [0, 0.05) is 33.7 Å². The molecule has 1 N–H and O–H groups in total. The number of hydrogen-bond donors (Lipinski definition) is 1. The van der Waals surface area contributed by atoms with Gasteiger partial charge in [0.25, 0.3) is 0 Å². The molecule has 6 heteroatoms. The second kappa shape index (κ2) is 6.91. The first-order chi connectivity index (χ1) is 10.0. The Bertz CT molecular complexity index is 453. The van der Waals surface area contributed by atoms with Gasteiger partial charge >= 0.3 is 0 Å². The van der Waals surface area contributed by atoms with Crippen molar-refractivity contribution in [1.29, 1.82) is 0 Å². The Labute approximate surface area is 128 Å². The fraction of sp³-hybridized carbons (Fsp3) is 0.800. The van der Waals surface area contributed by atoms with Crippen molar-refractivity contribution in [3.8, 4) is 0 Å². The molecule has 6 nitrogen and oxygen atoms in total. The summed E-state index contributed by atoms with van der Waals surface area (Å²) < 4.78 is 0. The maximum absolute atomic E-state index is 4.60. The van der Waals surface area contributed by atoms with Crippen LogP contribution in [0.25, 0.3) is 0 Å². The van der Waals surface area contributed by atoms with Crippen LogP contribution in [0.4, 0.5) is 17.8 Å². The van der Waals surface area contributed by atoms with E-state index in [0.29, 0.717) is 17.9 Å². The molecule has 0 amide bonds. The summed E-state index contributed by atoms with van der Waals surface area (Å²) in [5, 5.41) is 3.19. The number of aromatic nitrogens is 3. The van der Waals surface area contributed by atoms with Gasteiger partial charge < -0.3 is 15.1 Å². The third-order valence-electron chi connectivity index (χ3n) is 4.20. The Morgan fingerprint density at radius 3 is 2.19 bits per heavy atom. The minimum Gasteiger partial charge on any atom is -0.354 e. The van der Waals surface area contributed by atoms with Crippen molar-refractivity contribution >= 4 is 17.8 Å². The molecule has 1 aromatic heterocycles. The highest BCUT2D eigenvalue weighted by Crippen LogP contribution is 2.28. The van der Waals surface area contributed by atoms with Crippen LogP contribution in [0.2, 0.25) is 0 Å². The topological polar surface area (TPSA) is 57.2 Å². The predicted octanol–water partition coefficient (Wildman–Crippen LogP) is 2.38. The minimum absolute atomic E-state index is 0.535. The summed E-state index contributed by atoms with van der Waals surface area (Å²) >= 11 is 0. The van der Waals surface area contributed by atoms with Crippen LogP contribution in [0.3, 0.4) is 0 Å². The standard InChI is InChI=1S/C15H28N6/c1-6-16-13-17-14(20(3)4)19-15(18-13)21(5)12-9-7-11(2)8-10-12/h11-12H,6-10H2,1-5H3,(H,16,17,18,19). The van der Waals surface area contributed by atoms with Gasteiger partial charge in [-0.05, 0) is 38.5 Å². The quantitative estimate of drug-likeness (QED) is 0.899. The van der Waals surface area contributed by atoms with E-state index in [1.54, 1.807) is 0 Å². The summed E-state index contributed by atoms with van der Waals surface area (Å²) in [6.07, 6.45) is 5.02. The van der Waals surface area contributed by atoms with Crippen LogP contribution in [-0.2, 0) is 0 Å². The number of hydrogen-bond acceptors (Lipinski definition) is 6. The SMILES string of the molecule is CCNc1nc(N(C)C)nc(N(C)C2CCC(C)CC2)n1. The molecule has 118 valence electrons. The summed E-state index contributed by atoms with van der Waals surface area (Å²) in [7, 11) is 6.01. The molecule has 0 spiro atoms. The zero-order chi connectivity index (χ0) is 15.4. The van der Waals surface area contributed by atoms with Crippen LogP contribution in [0.15, 0.2) is 0 Å². The molecule has 1 heterocycles. The average molecular weight is 292 g/mol. The normalized spacial score (nSPS) is 22.0. The van der Waals surface area contributed by atoms with Crippen molar-refractivity contribution in [3.63, 3.8) is 0 Å². The van der Waals surface area contributed by atoms with Crippen molar-refractivity contribution < 1.29 is 0 Å². The van der Waals surface area contributed by atoms with Gasteiger partial charge in [0.2, 0.25) is 17.8 Å². The van der Waals surface area contributed by atoms with E-state index >= 15 is 0 Å². The maximum atomic E-state index is 4.60. The van der Waals surface area contributed by atoms with E-state index < -0.39 is 0 Å². The number of rotatable bonds is 5. The molecule has 0 saturated heterocycles. The van der Waals surface area contributed by atoms with Crippen LogP contribution < -0.4 is 15.1 Å². The van der Waals surface area contributed by atoms with Crippen LogP contribution >= 0.6 is 0 Å². The van der Waals surface area contributed by atoms with Crippen molar-refractivity contribution in [1.82, 2.24) is 15.0 Å². The molecule has 0 bridgehead atoms. The molecular weight excluding hydrogens is 264 g/mol. The van der Waals surface area contributed by atoms with E-state index in [4.69, 9.17) is 0 Å². The molecule has 0 aromatic carbocycles. The largest absolute Gasteiger partial charge is 0.354 e. The third kappa shape index (κ3) is 3.95. The fourth-order valence-corrected chi connectivity index (χ4v) is 2.74. The molecule has 21 heavy (non-hydrogen) atoms. The summed E-state index contributed by atoms with van der Waals surface area (Å²) in [6.45, 7) is 5.19. The molecule has 1 aliphatic carbocycles. The highest BCUT2D eigenvalue weighted by Gasteiger charge is 2.24. The predicted molar refractivity (Wildman–Crippen MR) is 88.1 cm³/mol. The van der Waals surface area contributed by atoms with Crippen LogP contribution in [-0.4, -0.2) is 48.7 Å². The monoisotopic (exact) mass is 292 g/mol. The molecule has 1 fully saturated rings. The highest BCUT2D eigenvalue weighted by molar-refractivity contribution is 5.44. The number of nitrogens with one attached hydrogen (secondary N) is 1. The molecule has 0 aliphatic heterocycles. The maximum Gasteiger partial charge on any atom is 0.231 e. The minimum atomic E-state index is 0.535. The molecule has 2 rings (SSSR count). The summed E-state index contributed by atoms with van der Waals surface area (Å²) in [5.41, 5.74) is 0. The first-order valence-electron chi connectivity index (χ1n) is 7.91. The van der Waals surface area contributed by atoms with Gasteiger partial charge in [-0.15, -0.1) is 0 Å². The molecule has 0 unspecified atom stereocenters. The highest BCUT2D eigenvalue weighted by atomic mass is 15.3. The lowest BCUT2D eigenvalue weighted by Gasteiger charge is -2.33.